The van der Waals surface area contributed by atoms with E-state index >= 15 is 4.39 Å². The number of alkyl halides is 2. The number of ether oxygens (including phenoxy) is 1. The number of hydrogen-bond donors (Lipinski definition) is 3. The predicted octanol–water partition coefficient (Wildman–Crippen LogP) is 3.64. The van der Waals surface area contributed by atoms with Crippen molar-refractivity contribution in [1.82, 2.24) is 35.0 Å². The lowest BCUT2D eigenvalue weighted by molar-refractivity contribution is -0.134. The van der Waals surface area contributed by atoms with Crippen molar-refractivity contribution in [3.8, 4) is 5.75 Å². The van der Waals surface area contributed by atoms with E-state index in [0.717, 1.165) is 58.4 Å². The lowest BCUT2D eigenvalue weighted by Crippen LogP contribution is -2.52. The van der Waals surface area contributed by atoms with Crippen molar-refractivity contribution in [3.63, 3.8) is 0 Å². The molecule has 0 aliphatic carbocycles. The van der Waals surface area contributed by atoms with E-state index < -0.39 is 48.5 Å². The van der Waals surface area contributed by atoms with Crippen LogP contribution in [-0.2, 0) is 16.1 Å². The maximum atomic E-state index is 15.1. The lowest BCUT2D eigenvalue weighted by atomic mass is 9.94. The van der Waals surface area contributed by atoms with Crippen LogP contribution in [0.5, 0.6) is 5.75 Å². The average molecular weight is 802 g/mol. The molecule has 58 heavy (non-hydrogen) atoms. The van der Waals surface area contributed by atoms with E-state index in [-0.39, 0.29) is 47.4 Å². The fourth-order valence-corrected chi connectivity index (χ4v) is 8.31. The van der Waals surface area contributed by atoms with Crippen LogP contribution in [0.25, 0.3) is 5.65 Å². The number of likely N-dealkylation sites (tertiary alicyclic amines) is 1. The van der Waals surface area contributed by atoms with Gasteiger partial charge < -0.3 is 30.1 Å². The molecule has 8 rings (SSSR count). The Balaban J connectivity index is 0.831. The highest BCUT2D eigenvalue weighted by Crippen LogP contribution is 2.37. The third kappa shape index (κ3) is 8.19. The normalized spacial score (nSPS) is 19.4. The van der Waals surface area contributed by atoms with Crippen LogP contribution in [0.1, 0.15) is 75.2 Å². The third-order valence-electron chi connectivity index (χ3n) is 11.4. The SMILES string of the molecule is O=C1CCC(NC(=O)c2ccc(N3CCC(CN4CCC(N5Cc6cc(NC(=O)c7cnn8cccnc78)c(OCC(F)F)cc6C5=O)CC4)CC3)cc2F)C(=O)N1. The fourth-order valence-electron chi connectivity index (χ4n) is 8.31. The van der Waals surface area contributed by atoms with Gasteiger partial charge in [0.15, 0.2) is 5.65 Å². The summed E-state index contributed by atoms with van der Waals surface area (Å²) in [5.74, 6) is -2.73. The maximum Gasteiger partial charge on any atom is 0.272 e. The molecule has 304 valence electrons. The van der Waals surface area contributed by atoms with E-state index in [1.807, 2.05) is 4.90 Å². The number of fused-ring (bicyclic) bond motifs is 2. The Labute approximate surface area is 330 Å². The van der Waals surface area contributed by atoms with E-state index in [0.29, 0.717) is 34.9 Å². The minimum atomic E-state index is -2.76. The Kier molecular flexibility index (Phi) is 11.0. The molecule has 5 amide bonds. The van der Waals surface area contributed by atoms with Gasteiger partial charge in [0.25, 0.3) is 24.1 Å². The summed E-state index contributed by atoms with van der Waals surface area (Å²) in [4.78, 5) is 73.7. The molecule has 0 saturated carbocycles. The minimum Gasteiger partial charge on any atom is -0.485 e. The molecular formula is C40H42F3N9O6. The van der Waals surface area contributed by atoms with Crippen LogP contribution in [0.3, 0.4) is 0 Å². The first kappa shape index (κ1) is 38.8. The number of aromatic nitrogens is 3. The van der Waals surface area contributed by atoms with Gasteiger partial charge in [-0.15, -0.1) is 0 Å². The molecule has 15 nitrogen and oxygen atoms in total. The molecule has 3 saturated heterocycles. The molecule has 1 unspecified atom stereocenters. The van der Waals surface area contributed by atoms with Crippen molar-refractivity contribution in [3.05, 3.63) is 83.1 Å². The average Bonchev–Trinajstić information content (AvgIpc) is 3.79. The second-order valence-corrected chi connectivity index (χ2v) is 15.1. The van der Waals surface area contributed by atoms with Gasteiger partial charge in [0, 0.05) is 75.4 Å². The molecule has 4 aromatic rings. The number of piperidine rings is 3. The standard InChI is InChI=1S/C40H42F3N9O6/c41-30-17-26(2-3-27(30)37(54)46-31-4-5-35(53)48-39(31)56)50-14-6-23(7-15-50)20-49-12-8-25(9-13-49)51-21-24-16-32(33(58-22-34(42)43)18-28(24)40(51)57)47-38(55)29-19-45-52-11-1-10-44-36(29)52/h1-3,10-11,16-19,23,25,31,34H,4-9,12-15,20-22H2,(H,46,54)(H,47,55)(H,48,53,56). The van der Waals surface area contributed by atoms with Crippen LogP contribution in [0, 0.1) is 11.7 Å². The number of carbonyl (C=O) groups excluding carboxylic acids is 5. The highest BCUT2D eigenvalue weighted by atomic mass is 19.3. The van der Waals surface area contributed by atoms with Crippen LogP contribution in [0.15, 0.2) is 55.0 Å². The Morgan fingerprint density at radius 1 is 0.966 bits per heavy atom. The van der Waals surface area contributed by atoms with Gasteiger partial charge in [-0.3, -0.25) is 29.3 Å². The van der Waals surface area contributed by atoms with Crippen molar-refractivity contribution in [2.75, 3.05) is 49.5 Å². The number of rotatable bonds is 11. The van der Waals surface area contributed by atoms with Gasteiger partial charge >= 0.3 is 0 Å². The second-order valence-electron chi connectivity index (χ2n) is 15.1. The zero-order valence-electron chi connectivity index (χ0n) is 31.5. The molecule has 0 spiro atoms. The number of anilines is 2. The van der Waals surface area contributed by atoms with E-state index in [9.17, 15) is 32.8 Å². The van der Waals surface area contributed by atoms with Gasteiger partial charge in [0.1, 0.15) is 29.8 Å². The predicted molar refractivity (Wildman–Crippen MR) is 203 cm³/mol. The smallest absolute Gasteiger partial charge is 0.272 e. The number of imide groups is 1. The Morgan fingerprint density at radius 2 is 1.76 bits per heavy atom. The zero-order chi connectivity index (χ0) is 40.5. The maximum absolute atomic E-state index is 15.1. The molecule has 3 N–H and O–H groups in total. The molecule has 0 bridgehead atoms. The van der Waals surface area contributed by atoms with Crippen LogP contribution in [-0.4, -0.2) is 112 Å². The summed E-state index contributed by atoms with van der Waals surface area (Å²) in [7, 11) is 0. The van der Waals surface area contributed by atoms with Crippen molar-refractivity contribution in [2.24, 2.45) is 5.92 Å². The molecule has 6 heterocycles. The summed E-state index contributed by atoms with van der Waals surface area (Å²) in [5, 5.41) is 11.6. The number of hydrogen-bond acceptors (Lipinski definition) is 10. The highest BCUT2D eigenvalue weighted by molar-refractivity contribution is 6.09. The fraction of sp³-hybridized carbons (Fsp3) is 0.425. The summed E-state index contributed by atoms with van der Waals surface area (Å²) in [5.41, 5.74) is 2.23. The lowest BCUT2D eigenvalue weighted by Gasteiger charge is -2.40. The molecule has 1 atom stereocenters. The molecule has 4 aliphatic rings. The molecule has 3 fully saturated rings. The third-order valence-corrected chi connectivity index (χ3v) is 11.4. The molecule has 0 radical (unpaired) electrons. The topological polar surface area (TPSA) is 171 Å². The van der Waals surface area contributed by atoms with Crippen molar-refractivity contribution in [2.45, 2.75) is 63.6 Å². The van der Waals surface area contributed by atoms with Gasteiger partial charge in [-0.2, -0.15) is 5.10 Å². The summed E-state index contributed by atoms with van der Waals surface area (Å²) in [6.45, 7) is 3.37. The molecule has 2 aromatic carbocycles. The number of nitrogens with one attached hydrogen (secondary N) is 3. The summed E-state index contributed by atoms with van der Waals surface area (Å²) in [6.07, 6.45) is 5.39. The number of carbonyl (C=O) groups is 5. The van der Waals surface area contributed by atoms with Gasteiger partial charge in [0.05, 0.1) is 17.4 Å². The summed E-state index contributed by atoms with van der Waals surface area (Å²) < 4.78 is 48.4. The van der Waals surface area contributed by atoms with Gasteiger partial charge in [-0.05, 0) is 80.0 Å². The number of amides is 5. The first-order valence-corrected chi connectivity index (χ1v) is 19.4. The van der Waals surface area contributed by atoms with Crippen molar-refractivity contribution >= 4 is 46.6 Å². The number of halogens is 3. The van der Waals surface area contributed by atoms with E-state index in [1.54, 1.807) is 24.4 Å². The van der Waals surface area contributed by atoms with E-state index in [2.05, 4.69) is 35.8 Å². The first-order valence-electron chi connectivity index (χ1n) is 19.4. The molecule has 18 heteroatoms. The Hall–Kier alpha value is -6.04. The number of nitrogens with zero attached hydrogens (tertiary/aromatic N) is 6. The Morgan fingerprint density at radius 3 is 2.50 bits per heavy atom. The largest absolute Gasteiger partial charge is 0.485 e. The first-order chi connectivity index (χ1) is 28.0. The monoisotopic (exact) mass is 801 g/mol. The highest BCUT2D eigenvalue weighted by Gasteiger charge is 2.37. The summed E-state index contributed by atoms with van der Waals surface area (Å²) >= 11 is 0. The quantitative estimate of drug-likeness (QED) is 0.191. The van der Waals surface area contributed by atoms with Crippen LogP contribution in [0.2, 0.25) is 0 Å². The van der Waals surface area contributed by atoms with E-state index in [4.69, 9.17) is 4.74 Å². The van der Waals surface area contributed by atoms with Gasteiger partial charge in [0.2, 0.25) is 11.8 Å². The van der Waals surface area contributed by atoms with Gasteiger partial charge in [-0.1, -0.05) is 0 Å². The zero-order valence-corrected chi connectivity index (χ0v) is 31.5. The number of benzene rings is 2. The second kappa shape index (κ2) is 16.4. The Bertz CT molecular complexity index is 2250. The molecular weight excluding hydrogens is 759 g/mol. The summed E-state index contributed by atoms with van der Waals surface area (Å²) in [6, 6.07) is 8.30. The van der Waals surface area contributed by atoms with Gasteiger partial charge in [-0.25, -0.2) is 22.7 Å². The molecule has 2 aromatic heterocycles. The minimum absolute atomic E-state index is 0.0182. The van der Waals surface area contributed by atoms with Crippen molar-refractivity contribution in [1.29, 1.82) is 0 Å². The van der Waals surface area contributed by atoms with Crippen molar-refractivity contribution < 1.29 is 41.9 Å². The molecule has 4 aliphatic heterocycles. The van der Waals surface area contributed by atoms with Crippen LogP contribution >= 0.6 is 0 Å². The van der Waals surface area contributed by atoms with Crippen LogP contribution < -0.4 is 25.6 Å². The van der Waals surface area contributed by atoms with Crippen LogP contribution in [0.4, 0.5) is 24.5 Å². The van der Waals surface area contributed by atoms with E-state index in [1.165, 1.54) is 35.1 Å².